The van der Waals surface area contributed by atoms with Crippen LogP contribution in [0.15, 0.2) is 36.5 Å². The number of nitrogens with one attached hydrogen (secondary N) is 1. The Morgan fingerprint density at radius 3 is 2.48 bits per heavy atom. The number of aromatic nitrogens is 1. The molecule has 0 bridgehead atoms. The van der Waals surface area contributed by atoms with E-state index >= 15 is 0 Å². The van der Waals surface area contributed by atoms with Gasteiger partial charge in [-0.15, -0.1) is 0 Å². The highest BCUT2D eigenvalue weighted by molar-refractivity contribution is 5.97. The molecule has 0 radical (unpaired) electrons. The number of anilines is 2. The zero-order valence-corrected chi connectivity index (χ0v) is 16.3. The van der Waals surface area contributed by atoms with E-state index in [4.69, 9.17) is 18.9 Å². The molecule has 1 N–H and O–H groups in total. The Labute approximate surface area is 168 Å². The van der Waals surface area contributed by atoms with E-state index in [-0.39, 0.29) is 0 Å². The first-order valence-electron chi connectivity index (χ1n) is 9.52. The lowest BCUT2D eigenvalue weighted by Crippen LogP contribution is -2.15. The van der Waals surface area contributed by atoms with E-state index in [0.29, 0.717) is 66.2 Å². The minimum Gasteiger partial charge on any atom is -0.490 e. The van der Waals surface area contributed by atoms with Crippen LogP contribution in [0.2, 0.25) is 0 Å². The fraction of sp³-hybridized carbons (Fsp3) is 0.273. The predicted octanol–water partition coefficient (Wildman–Crippen LogP) is 4.42. The number of fused-ring (bicyclic) bond motifs is 2. The van der Waals surface area contributed by atoms with E-state index in [1.54, 1.807) is 6.20 Å². The third-order valence-corrected chi connectivity index (χ3v) is 4.47. The Bertz CT molecular complexity index is 1090. The van der Waals surface area contributed by atoms with Crippen molar-refractivity contribution in [3.63, 3.8) is 0 Å². The first kappa shape index (κ1) is 18.7. The molecule has 2 heterocycles. The maximum absolute atomic E-state index is 9.63. The molecule has 0 atom stereocenters. The smallest absolute Gasteiger partial charge is 0.163 e. The summed E-state index contributed by atoms with van der Waals surface area (Å²) < 4.78 is 22.7. The van der Waals surface area contributed by atoms with Gasteiger partial charge in [-0.2, -0.15) is 5.26 Å². The number of hydrogen-bond donors (Lipinski definition) is 1. The van der Waals surface area contributed by atoms with Gasteiger partial charge in [0.1, 0.15) is 19.3 Å². The zero-order chi connectivity index (χ0) is 20.2. The number of ether oxygens (including phenoxy) is 4. The van der Waals surface area contributed by atoms with Gasteiger partial charge in [-0.05, 0) is 32.0 Å². The molecular formula is C22H21N3O4. The SMILES string of the molecule is CCOc1cc2ncc(C#N)c(Nc3ccc4c(c3)OCCO4)c2cc1OCC. The predicted molar refractivity (Wildman–Crippen MR) is 110 cm³/mol. The van der Waals surface area contributed by atoms with Gasteiger partial charge in [-0.3, -0.25) is 4.98 Å². The standard InChI is InChI=1S/C22H21N3O4/c1-3-26-20-10-16-17(11-21(20)27-4-2)24-13-14(12-23)22(16)25-15-5-6-18-19(9-15)29-8-7-28-18/h5-6,9-11,13H,3-4,7-8H2,1-2H3,(H,24,25). The Morgan fingerprint density at radius 2 is 1.76 bits per heavy atom. The number of pyridine rings is 1. The summed E-state index contributed by atoms with van der Waals surface area (Å²) in [5.41, 5.74) is 2.57. The highest BCUT2D eigenvalue weighted by atomic mass is 16.6. The van der Waals surface area contributed by atoms with Crippen molar-refractivity contribution in [1.29, 1.82) is 5.26 Å². The molecule has 3 aromatic rings. The van der Waals surface area contributed by atoms with Gasteiger partial charge in [0.25, 0.3) is 0 Å². The largest absolute Gasteiger partial charge is 0.490 e. The monoisotopic (exact) mass is 391 g/mol. The fourth-order valence-electron chi connectivity index (χ4n) is 3.22. The molecule has 148 valence electrons. The van der Waals surface area contributed by atoms with E-state index in [9.17, 15) is 5.26 Å². The molecule has 7 heteroatoms. The topological polar surface area (TPSA) is 85.6 Å². The Hall–Kier alpha value is -3.66. The van der Waals surface area contributed by atoms with Gasteiger partial charge < -0.3 is 24.3 Å². The fourth-order valence-corrected chi connectivity index (χ4v) is 3.22. The van der Waals surface area contributed by atoms with Crippen LogP contribution in [0.3, 0.4) is 0 Å². The normalized spacial score (nSPS) is 12.3. The molecule has 29 heavy (non-hydrogen) atoms. The maximum atomic E-state index is 9.63. The van der Waals surface area contributed by atoms with E-state index in [2.05, 4.69) is 16.4 Å². The second-order valence-corrected chi connectivity index (χ2v) is 6.32. The molecule has 0 aliphatic carbocycles. The summed E-state index contributed by atoms with van der Waals surface area (Å²) in [6.45, 7) is 5.90. The second kappa shape index (κ2) is 8.15. The van der Waals surface area contributed by atoms with E-state index in [1.165, 1.54) is 0 Å². The van der Waals surface area contributed by atoms with Crippen molar-refractivity contribution >= 4 is 22.3 Å². The summed E-state index contributed by atoms with van der Waals surface area (Å²) in [6, 6.07) is 11.5. The van der Waals surface area contributed by atoms with Crippen molar-refractivity contribution in [3.8, 4) is 29.1 Å². The van der Waals surface area contributed by atoms with Crippen molar-refractivity contribution in [1.82, 2.24) is 4.98 Å². The van der Waals surface area contributed by atoms with Crippen LogP contribution in [0.25, 0.3) is 10.9 Å². The van der Waals surface area contributed by atoms with Gasteiger partial charge >= 0.3 is 0 Å². The molecule has 0 amide bonds. The maximum Gasteiger partial charge on any atom is 0.163 e. The van der Waals surface area contributed by atoms with Crippen LogP contribution < -0.4 is 24.3 Å². The minimum absolute atomic E-state index is 0.430. The van der Waals surface area contributed by atoms with Gasteiger partial charge in [-0.25, -0.2) is 0 Å². The van der Waals surface area contributed by atoms with Gasteiger partial charge in [0.2, 0.25) is 0 Å². The van der Waals surface area contributed by atoms with Crippen molar-refractivity contribution in [2.75, 3.05) is 31.7 Å². The number of hydrogen-bond acceptors (Lipinski definition) is 7. The highest BCUT2D eigenvalue weighted by Crippen LogP contribution is 2.39. The van der Waals surface area contributed by atoms with Crippen LogP contribution >= 0.6 is 0 Å². The van der Waals surface area contributed by atoms with Crippen LogP contribution in [0.5, 0.6) is 23.0 Å². The molecule has 1 aliphatic heterocycles. The average Bonchev–Trinajstić information content (AvgIpc) is 2.75. The lowest BCUT2D eigenvalue weighted by atomic mass is 10.1. The molecule has 4 rings (SSSR count). The molecular weight excluding hydrogens is 370 g/mol. The quantitative estimate of drug-likeness (QED) is 0.666. The lowest BCUT2D eigenvalue weighted by molar-refractivity contribution is 0.171. The molecule has 0 fully saturated rings. The average molecular weight is 391 g/mol. The number of nitrogens with zero attached hydrogens (tertiary/aromatic N) is 2. The van der Waals surface area contributed by atoms with Gasteiger partial charge in [-0.1, -0.05) is 0 Å². The van der Waals surface area contributed by atoms with Crippen LogP contribution in [-0.4, -0.2) is 31.4 Å². The van der Waals surface area contributed by atoms with Crippen LogP contribution in [0.4, 0.5) is 11.4 Å². The summed E-state index contributed by atoms with van der Waals surface area (Å²) in [7, 11) is 0. The van der Waals surface area contributed by atoms with Crippen molar-refractivity contribution < 1.29 is 18.9 Å². The van der Waals surface area contributed by atoms with E-state index in [0.717, 1.165) is 11.1 Å². The molecule has 0 saturated carbocycles. The Morgan fingerprint density at radius 1 is 1.03 bits per heavy atom. The first-order valence-corrected chi connectivity index (χ1v) is 9.52. The highest BCUT2D eigenvalue weighted by Gasteiger charge is 2.16. The van der Waals surface area contributed by atoms with Gasteiger partial charge in [0.05, 0.1) is 30.0 Å². The van der Waals surface area contributed by atoms with Crippen LogP contribution in [-0.2, 0) is 0 Å². The first-order chi connectivity index (χ1) is 14.2. The third-order valence-electron chi connectivity index (χ3n) is 4.47. The summed E-state index contributed by atoms with van der Waals surface area (Å²) >= 11 is 0. The number of rotatable bonds is 6. The summed E-state index contributed by atoms with van der Waals surface area (Å²) in [6.07, 6.45) is 1.55. The van der Waals surface area contributed by atoms with Crippen molar-refractivity contribution in [3.05, 3.63) is 42.1 Å². The van der Waals surface area contributed by atoms with Crippen LogP contribution in [0, 0.1) is 11.3 Å². The molecule has 1 aromatic heterocycles. The number of nitriles is 1. The molecule has 7 nitrogen and oxygen atoms in total. The molecule has 2 aromatic carbocycles. The third kappa shape index (κ3) is 3.69. The molecule has 1 aliphatic rings. The van der Waals surface area contributed by atoms with E-state index in [1.807, 2.05) is 44.2 Å². The van der Waals surface area contributed by atoms with Crippen molar-refractivity contribution in [2.24, 2.45) is 0 Å². The summed E-state index contributed by atoms with van der Waals surface area (Å²) in [5.74, 6) is 2.63. The van der Waals surface area contributed by atoms with Gasteiger partial charge in [0, 0.05) is 29.4 Å². The van der Waals surface area contributed by atoms with Crippen LogP contribution in [0.1, 0.15) is 19.4 Å². The summed E-state index contributed by atoms with van der Waals surface area (Å²) in [5, 5.41) is 13.7. The molecule has 0 spiro atoms. The van der Waals surface area contributed by atoms with E-state index < -0.39 is 0 Å². The Kier molecular flexibility index (Phi) is 5.25. The number of benzene rings is 2. The summed E-state index contributed by atoms with van der Waals surface area (Å²) in [4.78, 5) is 4.43. The van der Waals surface area contributed by atoms with Crippen molar-refractivity contribution in [2.45, 2.75) is 13.8 Å². The Balaban J connectivity index is 1.81. The minimum atomic E-state index is 0.430. The zero-order valence-electron chi connectivity index (χ0n) is 16.3. The molecule has 0 unspecified atom stereocenters. The van der Waals surface area contributed by atoms with Gasteiger partial charge in [0.15, 0.2) is 23.0 Å². The molecule has 0 saturated heterocycles. The second-order valence-electron chi connectivity index (χ2n) is 6.32. The lowest BCUT2D eigenvalue weighted by Gasteiger charge is -2.20.